The summed E-state index contributed by atoms with van der Waals surface area (Å²) in [4.78, 5) is 6.94. The zero-order valence-electron chi connectivity index (χ0n) is 14.8. The third kappa shape index (κ3) is 4.72. The van der Waals surface area contributed by atoms with E-state index in [9.17, 15) is 0 Å². The lowest BCUT2D eigenvalue weighted by Gasteiger charge is -2.32. The van der Waals surface area contributed by atoms with E-state index in [4.69, 9.17) is 0 Å². The third-order valence-corrected chi connectivity index (χ3v) is 5.96. The van der Waals surface area contributed by atoms with Crippen molar-refractivity contribution in [2.45, 2.75) is 63.5 Å². The Kier molecular flexibility index (Phi) is 5.98. The van der Waals surface area contributed by atoms with Gasteiger partial charge in [-0.3, -0.25) is 9.89 Å². The molecule has 4 heteroatoms. The van der Waals surface area contributed by atoms with E-state index >= 15 is 0 Å². The molecule has 0 amide bonds. The van der Waals surface area contributed by atoms with Crippen molar-refractivity contribution >= 4 is 5.96 Å². The summed E-state index contributed by atoms with van der Waals surface area (Å²) in [6, 6.07) is 1.24. The van der Waals surface area contributed by atoms with Crippen molar-refractivity contribution < 1.29 is 0 Å². The third-order valence-electron chi connectivity index (χ3n) is 5.96. The lowest BCUT2D eigenvalue weighted by atomic mass is 9.85. The van der Waals surface area contributed by atoms with Gasteiger partial charge in [0.05, 0.1) is 0 Å². The fourth-order valence-corrected chi connectivity index (χ4v) is 4.45. The van der Waals surface area contributed by atoms with Crippen LogP contribution >= 0.6 is 0 Å². The molecular weight excluding hydrogens is 284 g/mol. The van der Waals surface area contributed by atoms with Gasteiger partial charge in [0.15, 0.2) is 5.96 Å². The Balaban J connectivity index is 1.39. The van der Waals surface area contributed by atoms with Crippen LogP contribution < -0.4 is 10.6 Å². The van der Waals surface area contributed by atoms with Gasteiger partial charge in [-0.1, -0.05) is 38.2 Å². The van der Waals surface area contributed by atoms with Gasteiger partial charge in [-0.2, -0.15) is 0 Å². The van der Waals surface area contributed by atoms with Crippen molar-refractivity contribution in [2.75, 3.05) is 26.7 Å². The van der Waals surface area contributed by atoms with Gasteiger partial charge in [0.25, 0.3) is 0 Å². The summed E-state index contributed by atoms with van der Waals surface area (Å²) in [6.07, 6.45) is 13.0. The van der Waals surface area contributed by atoms with Crippen LogP contribution in [0.15, 0.2) is 17.6 Å². The van der Waals surface area contributed by atoms with Crippen LogP contribution in [0.4, 0.5) is 0 Å². The van der Waals surface area contributed by atoms with Gasteiger partial charge in [-0.15, -0.1) is 6.58 Å². The summed E-state index contributed by atoms with van der Waals surface area (Å²) in [5.41, 5.74) is 0. The van der Waals surface area contributed by atoms with Crippen molar-refractivity contribution in [3.05, 3.63) is 12.7 Å². The van der Waals surface area contributed by atoms with E-state index in [0.29, 0.717) is 12.1 Å². The SMILES string of the molecule is C=CCN1CCC(NC(=NC)NC2CC2C2CCCCC2)CC1. The topological polar surface area (TPSA) is 39.7 Å². The molecular formula is C19H34N4. The quantitative estimate of drug-likeness (QED) is 0.465. The number of guanidine groups is 1. The van der Waals surface area contributed by atoms with Crippen molar-refractivity contribution in [1.82, 2.24) is 15.5 Å². The maximum absolute atomic E-state index is 4.46. The first kappa shape index (κ1) is 16.8. The van der Waals surface area contributed by atoms with Crippen LogP contribution in [0, 0.1) is 11.8 Å². The lowest BCUT2D eigenvalue weighted by Crippen LogP contribution is -2.49. The molecule has 2 unspecified atom stereocenters. The predicted molar refractivity (Wildman–Crippen MR) is 97.8 cm³/mol. The normalized spacial score (nSPS) is 30.9. The van der Waals surface area contributed by atoms with Crippen LogP contribution in [-0.2, 0) is 0 Å². The highest BCUT2D eigenvalue weighted by Gasteiger charge is 2.43. The molecule has 2 saturated carbocycles. The molecule has 23 heavy (non-hydrogen) atoms. The highest BCUT2D eigenvalue weighted by atomic mass is 15.2. The van der Waals surface area contributed by atoms with E-state index in [-0.39, 0.29) is 0 Å². The molecule has 3 rings (SSSR count). The molecule has 2 atom stereocenters. The monoisotopic (exact) mass is 318 g/mol. The van der Waals surface area contributed by atoms with Crippen LogP contribution in [0.25, 0.3) is 0 Å². The number of rotatable bonds is 5. The summed E-state index contributed by atoms with van der Waals surface area (Å²) < 4.78 is 0. The van der Waals surface area contributed by atoms with Crippen LogP contribution in [0.2, 0.25) is 0 Å². The molecule has 0 aromatic heterocycles. The van der Waals surface area contributed by atoms with Gasteiger partial charge in [0, 0.05) is 38.8 Å². The molecule has 1 saturated heterocycles. The van der Waals surface area contributed by atoms with Crippen molar-refractivity contribution in [1.29, 1.82) is 0 Å². The Morgan fingerprint density at radius 2 is 1.87 bits per heavy atom. The van der Waals surface area contributed by atoms with Gasteiger partial charge < -0.3 is 10.6 Å². The second-order valence-corrected chi connectivity index (χ2v) is 7.63. The molecule has 1 aliphatic heterocycles. The zero-order valence-corrected chi connectivity index (χ0v) is 14.8. The second kappa shape index (κ2) is 8.18. The first-order valence-electron chi connectivity index (χ1n) is 9.63. The maximum Gasteiger partial charge on any atom is 0.191 e. The van der Waals surface area contributed by atoms with E-state index in [0.717, 1.165) is 37.4 Å². The number of aliphatic imine (C=N–C) groups is 1. The Labute approximate surface area is 141 Å². The summed E-state index contributed by atoms with van der Waals surface area (Å²) in [5.74, 6) is 2.90. The minimum Gasteiger partial charge on any atom is -0.354 e. The average Bonchev–Trinajstić information content (AvgIpc) is 3.36. The number of hydrogen-bond donors (Lipinski definition) is 2. The Hall–Kier alpha value is -1.03. The molecule has 2 aliphatic carbocycles. The fraction of sp³-hybridized carbons (Fsp3) is 0.842. The molecule has 4 nitrogen and oxygen atoms in total. The van der Waals surface area contributed by atoms with E-state index in [1.807, 2.05) is 13.1 Å². The molecule has 0 aromatic rings. The first-order chi connectivity index (χ1) is 11.3. The molecule has 1 heterocycles. The first-order valence-corrected chi connectivity index (χ1v) is 9.63. The molecule has 0 aromatic carbocycles. The molecule has 2 N–H and O–H groups in total. The minimum absolute atomic E-state index is 0.564. The van der Waals surface area contributed by atoms with Crippen molar-refractivity contribution in [2.24, 2.45) is 16.8 Å². The second-order valence-electron chi connectivity index (χ2n) is 7.63. The fourth-order valence-electron chi connectivity index (χ4n) is 4.45. The molecule has 0 radical (unpaired) electrons. The van der Waals surface area contributed by atoms with Gasteiger partial charge in [-0.25, -0.2) is 0 Å². The highest BCUT2D eigenvalue weighted by molar-refractivity contribution is 5.80. The summed E-state index contributed by atoms with van der Waals surface area (Å²) in [6.45, 7) is 7.18. The highest BCUT2D eigenvalue weighted by Crippen LogP contribution is 2.44. The van der Waals surface area contributed by atoms with Gasteiger partial charge in [0.2, 0.25) is 0 Å². The molecule has 3 aliphatic rings. The van der Waals surface area contributed by atoms with Crippen LogP contribution in [-0.4, -0.2) is 49.6 Å². The Morgan fingerprint density at radius 3 is 2.52 bits per heavy atom. The van der Waals surface area contributed by atoms with E-state index in [1.54, 1.807) is 0 Å². The standard InChI is InChI=1S/C19H34N4/c1-3-11-23-12-9-16(10-13-23)21-19(20-2)22-18-14-17(18)15-7-5-4-6-8-15/h3,15-18H,1,4-14H2,2H3,(H2,20,21,22). The number of piperidine rings is 1. The lowest BCUT2D eigenvalue weighted by molar-refractivity contribution is 0.225. The number of nitrogens with one attached hydrogen (secondary N) is 2. The summed E-state index contributed by atoms with van der Waals surface area (Å²) >= 11 is 0. The molecule has 0 spiro atoms. The van der Waals surface area contributed by atoms with E-state index in [1.165, 1.54) is 51.4 Å². The Morgan fingerprint density at radius 1 is 1.13 bits per heavy atom. The van der Waals surface area contributed by atoms with Gasteiger partial charge in [-0.05, 0) is 31.1 Å². The number of hydrogen-bond acceptors (Lipinski definition) is 2. The average molecular weight is 319 g/mol. The van der Waals surface area contributed by atoms with Crippen LogP contribution in [0.5, 0.6) is 0 Å². The number of likely N-dealkylation sites (tertiary alicyclic amines) is 1. The maximum atomic E-state index is 4.46. The van der Waals surface area contributed by atoms with Gasteiger partial charge in [0.1, 0.15) is 0 Å². The summed E-state index contributed by atoms with van der Waals surface area (Å²) in [5, 5.41) is 7.33. The minimum atomic E-state index is 0.564. The predicted octanol–water partition coefficient (Wildman–Crippen LogP) is 2.77. The van der Waals surface area contributed by atoms with Crippen molar-refractivity contribution in [3.63, 3.8) is 0 Å². The largest absolute Gasteiger partial charge is 0.354 e. The van der Waals surface area contributed by atoms with Crippen LogP contribution in [0.1, 0.15) is 51.4 Å². The van der Waals surface area contributed by atoms with E-state index < -0.39 is 0 Å². The Bertz CT molecular complexity index is 406. The van der Waals surface area contributed by atoms with Gasteiger partial charge >= 0.3 is 0 Å². The zero-order chi connectivity index (χ0) is 16.1. The smallest absolute Gasteiger partial charge is 0.191 e. The molecule has 130 valence electrons. The number of nitrogens with zero attached hydrogens (tertiary/aromatic N) is 2. The van der Waals surface area contributed by atoms with Crippen molar-refractivity contribution in [3.8, 4) is 0 Å². The molecule has 0 bridgehead atoms. The molecule has 3 fully saturated rings. The summed E-state index contributed by atoms with van der Waals surface area (Å²) in [7, 11) is 1.90. The van der Waals surface area contributed by atoms with Crippen LogP contribution in [0.3, 0.4) is 0 Å². The van der Waals surface area contributed by atoms with E-state index in [2.05, 4.69) is 27.1 Å².